The number of allylic oxidation sites excluding steroid dienone is 4. The maximum Gasteiger partial charge on any atom is 0 e. The SMILES string of the molecule is CCC1=[C-]CC=C1.[CH-]=O.[CH-]=O.[CH-]=O.[CH2-]C.[W]. The van der Waals surface area contributed by atoms with Crippen molar-refractivity contribution in [1.29, 1.82) is 0 Å². The first-order chi connectivity index (χ1) is 7.43. The first-order valence-corrected chi connectivity index (χ1v) is 4.11. The Morgan fingerprint density at radius 1 is 1.19 bits per heavy atom. The summed E-state index contributed by atoms with van der Waals surface area (Å²) in [7, 11) is 0. The number of hydrogen-bond acceptors (Lipinski definition) is 3. The molecule has 0 unspecified atom stereocenters. The quantitative estimate of drug-likeness (QED) is 0.507. The third kappa shape index (κ3) is 29.2. The summed E-state index contributed by atoms with van der Waals surface area (Å²) in [6, 6.07) is 0. The number of rotatable bonds is 1. The summed E-state index contributed by atoms with van der Waals surface area (Å²) in [5, 5.41) is 0. The molecule has 3 nitrogen and oxygen atoms in total. The van der Waals surface area contributed by atoms with E-state index in [1.807, 2.05) is 0 Å². The van der Waals surface area contributed by atoms with Crippen LogP contribution in [0.25, 0.3) is 0 Å². The largest absolute Gasteiger partial charge is 0.545 e. The molecule has 1 aliphatic carbocycles. The molecule has 16 heavy (non-hydrogen) atoms. The standard InChI is InChI=1S/C7H9.C2H5.3CHO.W/c1-2-7-5-3-4-6-7;4*1-2;/h3,5H,2,4H2,1H3;1H2,2H3;3*1H;/q5*-1;. The van der Waals surface area contributed by atoms with Gasteiger partial charge in [-0.2, -0.15) is 13.0 Å². The van der Waals surface area contributed by atoms with Gasteiger partial charge in [0.05, 0.1) is 0 Å². The second-order valence-electron chi connectivity index (χ2n) is 1.66. The summed E-state index contributed by atoms with van der Waals surface area (Å²) in [4.78, 5) is 23.2. The van der Waals surface area contributed by atoms with Gasteiger partial charge < -0.3 is 21.3 Å². The van der Waals surface area contributed by atoms with Crippen LogP contribution in [-0.4, -0.2) is 20.4 Å². The molecule has 4 heteroatoms. The van der Waals surface area contributed by atoms with E-state index in [1.54, 1.807) is 6.92 Å². The van der Waals surface area contributed by atoms with Crippen molar-refractivity contribution in [1.82, 2.24) is 0 Å². The zero-order valence-corrected chi connectivity index (χ0v) is 12.6. The maximum absolute atomic E-state index is 7.75. The molecule has 0 radical (unpaired) electrons. The van der Waals surface area contributed by atoms with Gasteiger partial charge in [-0.15, -0.1) is 6.42 Å². The Bertz CT molecular complexity index is 152. The Labute approximate surface area is 113 Å². The van der Waals surface area contributed by atoms with Crippen molar-refractivity contribution in [3.05, 3.63) is 30.7 Å². The molecular weight excluding hydrogens is 376 g/mol. The average Bonchev–Trinajstić information content (AvgIpc) is 2.92. The van der Waals surface area contributed by atoms with Crippen LogP contribution in [-0.2, 0) is 35.4 Å². The third-order valence-corrected chi connectivity index (χ3v) is 1.15. The zero-order chi connectivity index (χ0) is 13.1. The number of carbonyl (C=O) groups excluding carboxylic acids is 3. The van der Waals surface area contributed by atoms with Crippen molar-refractivity contribution in [2.24, 2.45) is 0 Å². The van der Waals surface area contributed by atoms with Gasteiger partial charge in [-0.05, 0) is 0 Å². The predicted octanol–water partition coefficient (Wildman–Crippen LogP) is 2.10. The minimum Gasteiger partial charge on any atom is -0.545 e. The van der Waals surface area contributed by atoms with E-state index in [2.05, 4.69) is 52.4 Å². The predicted molar refractivity (Wildman–Crippen MR) is 62.1 cm³/mol. The van der Waals surface area contributed by atoms with Gasteiger partial charge in [0.1, 0.15) is 0 Å². The molecule has 0 aromatic heterocycles. The van der Waals surface area contributed by atoms with E-state index in [1.165, 1.54) is 5.57 Å². The summed E-state index contributed by atoms with van der Waals surface area (Å²) >= 11 is 0. The second kappa shape index (κ2) is 47.8. The minimum absolute atomic E-state index is 0. The van der Waals surface area contributed by atoms with Gasteiger partial charge in [0, 0.05) is 21.1 Å². The van der Waals surface area contributed by atoms with Gasteiger partial charge in [-0.1, -0.05) is 13.3 Å². The van der Waals surface area contributed by atoms with E-state index >= 15 is 0 Å². The van der Waals surface area contributed by atoms with Gasteiger partial charge in [0.25, 0.3) is 0 Å². The Morgan fingerprint density at radius 2 is 1.56 bits per heavy atom. The topological polar surface area (TPSA) is 51.2 Å². The van der Waals surface area contributed by atoms with Crippen LogP contribution in [0.5, 0.6) is 0 Å². The smallest absolute Gasteiger partial charge is 0 e. The van der Waals surface area contributed by atoms with Crippen molar-refractivity contribution in [3.8, 4) is 0 Å². The van der Waals surface area contributed by atoms with Crippen molar-refractivity contribution in [2.75, 3.05) is 0 Å². The maximum atomic E-state index is 7.75. The van der Waals surface area contributed by atoms with E-state index in [0.717, 1.165) is 12.8 Å². The molecule has 0 amide bonds. The summed E-state index contributed by atoms with van der Waals surface area (Å²) in [6.07, 6.45) is 9.65. The van der Waals surface area contributed by atoms with E-state index in [4.69, 9.17) is 14.4 Å². The normalized spacial score (nSPS) is 8.81. The molecule has 0 aromatic rings. The van der Waals surface area contributed by atoms with Gasteiger partial charge in [0.2, 0.25) is 0 Å². The molecule has 0 saturated heterocycles. The molecular formula is C12H17O3W-5. The molecule has 0 aromatic carbocycles. The third-order valence-electron chi connectivity index (χ3n) is 1.15. The minimum atomic E-state index is 0. The first kappa shape index (κ1) is 29.5. The van der Waals surface area contributed by atoms with Gasteiger partial charge in [-0.25, -0.2) is 11.6 Å². The molecule has 1 aliphatic rings. The fourth-order valence-electron chi connectivity index (χ4n) is 0.693. The Hall–Kier alpha value is -0.822. The fourth-order valence-corrected chi connectivity index (χ4v) is 0.693. The van der Waals surface area contributed by atoms with Crippen LogP contribution in [0.3, 0.4) is 0 Å². The van der Waals surface area contributed by atoms with Crippen molar-refractivity contribution >= 4 is 20.4 Å². The molecule has 0 saturated carbocycles. The van der Waals surface area contributed by atoms with Crippen molar-refractivity contribution < 1.29 is 35.4 Å². The average molecular weight is 393 g/mol. The molecule has 0 aliphatic heterocycles. The summed E-state index contributed by atoms with van der Waals surface area (Å²) in [5.41, 5.74) is 1.36. The van der Waals surface area contributed by atoms with Gasteiger partial charge >= 0.3 is 0 Å². The molecule has 0 fully saturated rings. The van der Waals surface area contributed by atoms with Crippen LogP contribution in [0.15, 0.2) is 17.7 Å². The second-order valence-corrected chi connectivity index (χ2v) is 1.66. The Kier molecular flexibility index (Phi) is 88.0. The molecule has 0 atom stereocenters. The van der Waals surface area contributed by atoms with Crippen LogP contribution in [0.1, 0.15) is 26.7 Å². The van der Waals surface area contributed by atoms with E-state index in [0.29, 0.717) is 0 Å². The monoisotopic (exact) mass is 393 g/mol. The Morgan fingerprint density at radius 3 is 1.69 bits per heavy atom. The summed E-state index contributed by atoms with van der Waals surface area (Å²) < 4.78 is 0. The molecule has 0 heterocycles. The van der Waals surface area contributed by atoms with Crippen LogP contribution < -0.4 is 0 Å². The molecule has 0 N–H and O–H groups in total. The van der Waals surface area contributed by atoms with E-state index in [-0.39, 0.29) is 21.1 Å². The van der Waals surface area contributed by atoms with Crippen molar-refractivity contribution in [3.63, 3.8) is 0 Å². The zero-order valence-electron chi connectivity index (χ0n) is 9.64. The number of hydrogen-bond donors (Lipinski definition) is 0. The molecule has 1 rings (SSSR count). The van der Waals surface area contributed by atoms with Crippen LogP contribution >= 0.6 is 0 Å². The van der Waals surface area contributed by atoms with Crippen LogP contribution in [0, 0.1) is 13.0 Å². The molecule has 0 spiro atoms. The van der Waals surface area contributed by atoms with E-state index in [9.17, 15) is 0 Å². The molecule has 0 bridgehead atoms. The van der Waals surface area contributed by atoms with E-state index < -0.39 is 0 Å². The van der Waals surface area contributed by atoms with Gasteiger partial charge in [0.15, 0.2) is 0 Å². The Balaban J connectivity index is -0.0000000390. The fraction of sp³-hybridized carbons (Fsp3) is 0.333. The summed E-state index contributed by atoms with van der Waals surface area (Å²) in [5.74, 6) is 0. The first-order valence-electron chi connectivity index (χ1n) is 4.11. The van der Waals surface area contributed by atoms with Gasteiger partial charge in [-0.3, -0.25) is 26.4 Å². The molecule has 94 valence electrons. The van der Waals surface area contributed by atoms with Crippen LogP contribution in [0.2, 0.25) is 0 Å². The van der Waals surface area contributed by atoms with Crippen molar-refractivity contribution in [2.45, 2.75) is 26.7 Å². The summed E-state index contributed by atoms with van der Waals surface area (Å²) in [6.45, 7) is 16.9. The van der Waals surface area contributed by atoms with Crippen LogP contribution in [0.4, 0.5) is 0 Å².